The van der Waals surface area contributed by atoms with Crippen molar-refractivity contribution in [2.45, 2.75) is 0 Å². The lowest BCUT2D eigenvalue weighted by atomic mass is 10.2. The van der Waals surface area contributed by atoms with Crippen molar-refractivity contribution in [3.05, 3.63) is 39.0 Å². The maximum atomic E-state index is 10.7. The molecular formula is C9H5ClN2O4. The van der Waals surface area contributed by atoms with Gasteiger partial charge in [-0.3, -0.25) is 10.1 Å². The van der Waals surface area contributed by atoms with Crippen LogP contribution in [0.3, 0.4) is 0 Å². The Morgan fingerprint density at radius 1 is 1.50 bits per heavy atom. The van der Waals surface area contributed by atoms with Gasteiger partial charge in [0, 0.05) is 11.5 Å². The van der Waals surface area contributed by atoms with E-state index in [4.69, 9.17) is 16.7 Å². The van der Waals surface area contributed by atoms with Gasteiger partial charge in [0.25, 0.3) is 5.69 Å². The minimum absolute atomic E-state index is 0.120. The van der Waals surface area contributed by atoms with Gasteiger partial charge in [0.1, 0.15) is 11.2 Å². The molecule has 0 bridgehead atoms. The zero-order valence-electron chi connectivity index (χ0n) is 7.73. The molecule has 0 aliphatic carbocycles. The Kier molecular flexibility index (Phi) is 2.28. The molecule has 7 heteroatoms. The Labute approximate surface area is 93.6 Å². The zero-order chi connectivity index (χ0) is 11.9. The normalized spacial score (nSPS) is 10.6. The molecular weight excluding hydrogens is 236 g/mol. The van der Waals surface area contributed by atoms with E-state index in [1.807, 2.05) is 0 Å². The number of benzene rings is 1. The van der Waals surface area contributed by atoms with Crippen molar-refractivity contribution in [1.29, 1.82) is 0 Å². The summed E-state index contributed by atoms with van der Waals surface area (Å²) >= 11 is 5.82. The highest BCUT2D eigenvalue weighted by molar-refractivity contribution is 6.36. The SMILES string of the molecule is O=C(O)c1cc2c(Cl)ccc([N+](=O)[O-])c2[nH]1. The zero-order valence-corrected chi connectivity index (χ0v) is 8.49. The molecule has 0 unspecified atom stereocenters. The average Bonchev–Trinajstić information content (AvgIpc) is 2.62. The predicted molar refractivity (Wildman–Crippen MR) is 56.9 cm³/mol. The van der Waals surface area contributed by atoms with Crippen LogP contribution in [0.15, 0.2) is 18.2 Å². The van der Waals surface area contributed by atoms with Crippen LogP contribution in [0.2, 0.25) is 5.02 Å². The largest absolute Gasteiger partial charge is 0.477 e. The third kappa shape index (κ3) is 1.49. The number of aromatic carboxylic acids is 1. The van der Waals surface area contributed by atoms with Gasteiger partial charge in [0.2, 0.25) is 0 Å². The number of carbonyl (C=O) groups is 1. The molecule has 2 rings (SSSR count). The Morgan fingerprint density at radius 3 is 2.75 bits per heavy atom. The fraction of sp³-hybridized carbons (Fsp3) is 0. The van der Waals surface area contributed by atoms with Crippen LogP contribution in [-0.2, 0) is 0 Å². The molecule has 0 fully saturated rings. The lowest BCUT2D eigenvalue weighted by Gasteiger charge is -1.95. The summed E-state index contributed by atoms with van der Waals surface area (Å²) < 4.78 is 0. The third-order valence-corrected chi connectivity index (χ3v) is 2.48. The first-order chi connectivity index (χ1) is 7.50. The van der Waals surface area contributed by atoms with E-state index in [0.717, 1.165) is 0 Å². The minimum Gasteiger partial charge on any atom is -0.477 e. The molecule has 0 saturated heterocycles. The molecule has 2 aromatic rings. The van der Waals surface area contributed by atoms with Crippen molar-refractivity contribution in [2.75, 3.05) is 0 Å². The molecule has 2 N–H and O–H groups in total. The molecule has 0 aliphatic rings. The second-order valence-electron chi connectivity index (χ2n) is 3.10. The molecule has 0 atom stereocenters. The van der Waals surface area contributed by atoms with E-state index in [-0.39, 0.29) is 21.9 Å². The van der Waals surface area contributed by atoms with Gasteiger partial charge < -0.3 is 10.1 Å². The van der Waals surface area contributed by atoms with E-state index in [0.29, 0.717) is 5.39 Å². The number of carboxylic acids is 1. The second-order valence-corrected chi connectivity index (χ2v) is 3.51. The summed E-state index contributed by atoms with van der Waals surface area (Å²) in [4.78, 5) is 23.3. The molecule has 16 heavy (non-hydrogen) atoms. The smallest absolute Gasteiger partial charge is 0.352 e. The molecule has 0 spiro atoms. The van der Waals surface area contributed by atoms with Gasteiger partial charge in [-0.15, -0.1) is 0 Å². The maximum Gasteiger partial charge on any atom is 0.352 e. The summed E-state index contributed by atoms with van der Waals surface area (Å²) in [7, 11) is 0. The number of halogens is 1. The van der Waals surface area contributed by atoms with Crippen LogP contribution in [0.5, 0.6) is 0 Å². The number of nitrogens with one attached hydrogen (secondary N) is 1. The molecule has 1 aromatic carbocycles. The Bertz CT molecular complexity index is 605. The van der Waals surface area contributed by atoms with Crippen molar-refractivity contribution in [3.63, 3.8) is 0 Å². The number of aromatic amines is 1. The van der Waals surface area contributed by atoms with Crippen LogP contribution < -0.4 is 0 Å². The summed E-state index contributed by atoms with van der Waals surface area (Å²) in [5.74, 6) is -1.19. The first-order valence-corrected chi connectivity index (χ1v) is 4.57. The first-order valence-electron chi connectivity index (χ1n) is 4.19. The molecule has 0 radical (unpaired) electrons. The second kappa shape index (κ2) is 3.49. The first kappa shape index (κ1) is 10.4. The van der Waals surface area contributed by atoms with Crippen LogP contribution in [0, 0.1) is 10.1 Å². The number of rotatable bonds is 2. The standard InChI is InChI=1S/C9H5ClN2O4/c10-5-1-2-7(12(15)16)8-4(5)3-6(11-8)9(13)14/h1-3,11H,(H,13,14). The quantitative estimate of drug-likeness (QED) is 0.622. The van der Waals surface area contributed by atoms with E-state index >= 15 is 0 Å². The maximum absolute atomic E-state index is 10.7. The Morgan fingerprint density at radius 2 is 2.19 bits per heavy atom. The van der Waals surface area contributed by atoms with Crippen LogP contribution >= 0.6 is 11.6 Å². The highest BCUT2D eigenvalue weighted by atomic mass is 35.5. The molecule has 6 nitrogen and oxygen atoms in total. The summed E-state index contributed by atoms with van der Waals surface area (Å²) in [5.41, 5.74) is -0.215. The number of carboxylic acid groups (broad SMARTS) is 1. The Hall–Kier alpha value is -2.08. The summed E-state index contributed by atoms with van der Waals surface area (Å²) in [6.45, 7) is 0. The van der Waals surface area contributed by atoms with E-state index in [1.54, 1.807) is 0 Å². The van der Waals surface area contributed by atoms with Gasteiger partial charge in [0.05, 0.1) is 9.95 Å². The highest BCUT2D eigenvalue weighted by Crippen LogP contribution is 2.31. The predicted octanol–water partition coefficient (Wildman–Crippen LogP) is 2.43. The van der Waals surface area contributed by atoms with Crippen molar-refractivity contribution in [1.82, 2.24) is 4.98 Å². The topological polar surface area (TPSA) is 96.2 Å². The highest BCUT2D eigenvalue weighted by Gasteiger charge is 2.18. The van der Waals surface area contributed by atoms with Gasteiger partial charge in [-0.2, -0.15) is 0 Å². The number of nitrogens with zero attached hydrogens (tertiary/aromatic N) is 1. The number of hydrogen-bond acceptors (Lipinski definition) is 3. The molecule has 0 aliphatic heterocycles. The number of H-pyrrole nitrogens is 1. The molecule has 0 amide bonds. The number of non-ortho nitro benzene ring substituents is 1. The number of nitro benzene ring substituents is 1. The number of nitro groups is 1. The Balaban J connectivity index is 2.82. The molecule has 82 valence electrons. The van der Waals surface area contributed by atoms with E-state index in [9.17, 15) is 14.9 Å². The lowest BCUT2D eigenvalue weighted by molar-refractivity contribution is -0.383. The van der Waals surface area contributed by atoms with Gasteiger partial charge in [-0.05, 0) is 12.1 Å². The number of fused-ring (bicyclic) bond motifs is 1. The van der Waals surface area contributed by atoms with Crippen LogP contribution in [0.25, 0.3) is 10.9 Å². The summed E-state index contributed by atoms with van der Waals surface area (Å²) in [6.07, 6.45) is 0. The third-order valence-electron chi connectivity index (χ3n) is 2.15. The number of hydrogen-bond donors (Lipinski definition) is 2. The van der Waals surface area contributed by atoms with Gasteiger partial charge in [0.15, 0.2) is 0 Å². The fourth-order valence-corrected chi connectivity index (χ4v) is 1.65. The lowest BCUT2D eigenvalue weighted by Crippen LogP contribution is -1.95. The van der Waals surface area contributed by atoms with Crippen molar-refractivity contribution in [3.8, 4) is 0 Å². The molecule has 1 heterocycles. The molecule has 0 saturated carbocycles. The van der Waals surface area contributed by atoms with E-state index < -0.39 is 10.9 Å². The summed E-state index contributed by atoms with van der Waals surface area (Å²) in [6, 6.07) is 3.86. The van der Waals surface area contributed by atoms with Gasteiger partial charge in [-0.25, -0.2) is 4.79 Å². The summed E-state index contributed by atoms with van der Waals surface area (Å²) in [5, 5.41) is 20.1. The van der Waals surface area contributed by atoms with Crippen molar-refractivity contribution in [2.24, 2.45) is 0 Å². The molecule has 1 aromatic heterocycles. The average molecular weight is 241 g/mol. The number of aromatic nitrogens is 1. The fourth-order valence-electron chi connectivity index (χ4n) is 1.44. The van der Waals surface area contributed by atoms with Crippen molar-refractivity contribution < 1.29 is 14.8 Å². The van der Waals surface area contributed by atoms with Crippen LogP contribution in [-0.4, -0.2) is 21.0 Å². The van der Waals surface area contributed by atoms with E-state index in [1.165, 1.54) is 18.2 Å². The monoisotopic (exact) mass is 240 g/mol. The van der Waals surface area contributed by atoms with Gasteiger partial charge >= 0.3 is 5.97 Å². The van der Waals surface area contributed by atoms with Crippen molar-refractivity contribution >= 4 is 34.2 Å². The van der Waals surface area contributed by atoms with E-state index in [2.05, 4.69) is 4.98 Å². The minimum atomic E-state index is -1.19. The van der Waals surface area contributed by atoms with Crippen LogP contribution in [0.1, 0.15) is 10.5 Å². The van der Waals surface area contributed by atoms with Gasteiger partial charge in [-0.1, -0.05) is 11.6 Å². The van der Waals surface area contributed by atoms with Crippen LogP contribution in [0.4, 0.5) is 5.69 Å².